The van der Waals surface area contributed by atoms with Crippen LogP contribution in [0.25, 0.3) is 0 Å². The normalized spacial score (nSPS) is 20.4. The van der Waals surface area contributed by atoms with Gasteiger partial charge < -0.3 is 15.4 Å². The van der Waals surface area contributed by atoms with Crippen LogP contribution >= 0.6 is 0 Å². The molecule has 0 bridgehead atoms. The molecular formula is C19H29N3O5S. The van der Waals surface area contributed by atoms with E-state index in [0.717, 1.165) is 6.42 Å². The van der Waals surface area contributed by atoms with E-state index in [1.165, 1.54) is 16.4 Å². The molecule has 1 aromatic carbocycles. The minimum Gasteiger partial charge on any atom is -0.450 e. The van der Waals surface area contributed by atoms with Gasteiger partial charge in [0.2, 0.25) is 10.0 Å². The summed E-state index contributed by atoms with van der Waals surface area (Å²) in [6.07, 6.45) is 0.462. The SMILES string of the molecule is CCOC(=O)NCCNC(=O)c1cccc(S(=O)(=O)N2CC(C)CC(C)C2)c1. The van der Waals surface area contributed by atoms with Gasteiger partial charge in [-0.1, -0.05) is 19.9 Å². The zero-order chi connectivity index (χ0) is 20.7. The second-order valence-corrected chi connectivity index (χ2v) is 9.14. The van der Waals surface area contributed by atoms with Crippen molar-refractivity contribution in [3.8, 4) is 0 Å². The van der Waals surface area contributed by atoms with E-state index in [-0.39, 0.29) is 30.2 Å². The molecule has 2 N–H and O–H groups in total. The molecule has 0 aliphatic carbocycles. The largest absolute Gasteiger partial charge is 0.450 e. The monoisotopic (exact) mass is 411 g/mol. The van der Waals surface area contributed by atoms with E-state index in [9.17, 15) is 18.0 Å². The molecule has 28 heavy (non-hydrogen) atoms. The average molecular weight is 412 g/mol. The molecule has 9 heteroatoms. The molecule has 2 amide bonds. The summed E-state index contributed by atoms with van der Waals surface area (Å²) in [5.41, 5.74) is 0.260. The molecule has 1 heterocycles. The molecule has 0 saturated carbocycles. The molecule has 1 fully saturated rings. The molecule has 2 rings (SSSR count). The first-order chi connectivity index (χ1) is 13.2. The Morgan fingerprint density at radius 3 is 2.43 bits per heavy atom. The molecule has 1 aliphatic heterocycles. The van der Waals surface area contributed by atoms with E-state index < -0.39 is 22.0 Å². The molecular weight excluding hydrogens is 382 g/mol. The molecule has 2 unspecified atom stereocenters. The van der Waals surface area contributed by atoms with Crippen molar-refractivity contribution in [3.63, 3.8) is 0 Å². The first-order valence-electron chi connectivity index (χ1n) is 9.53. The maximum Gasteiger partial charge on any atom is 0.407 e. The lowest BCUT2D eigenvalue weighted by atomic mass is 9.94. The van der Waals surface area contributed by atoms with Gasteiger partial charge in [0.05, 0.1) is 11.5 Å². The van der Waals surface area contributed by atoms with Crippen LogP contribution in [0, 0.1) is 11.8 Å². The Kier molecular flexibility index (Phi) is 7.82. The van der Waals surface area contributed by atoms with Crippen LogP contribution < -0.4 is 10.6 Å². The number of benzene rings is 1. The highest BCUT2D eigenvalue weighted by atomic mass is 32.2. The van der Waals surface area contributed by atoms with Crippen LogP contribution in [0.5, 0.6) is 0 Å². The highest BCUT2D eigenvalue weighted by molar-refractivity contribution is 7.89. The molecule has 1 aliphatic rings. The summed E-state index contributed by atoms with van der Waals surface area (Å²) in [4.78, 5) is 23.6. The van der Waals surface area contributed by atoms with Crippen LogP contribution in [0.4, 0.5) is 4.79 Å². The molecule has 2 atom stereocenters. The number of ether oxygens (including phenoxy) is 1. The number of rotatable bonds is 7. The Morgan fingerprint density at radius 2 is 1.79 bits per heavy atom. The van der Waals surface area contributed by atoms with Crippen LogP contribution in [-0.2, 0) is 14.8 Å². The quantitative estimate of drug-likeness (QED) is 0.666. The zero-order valence-electron chi connectivity index (χ0n) is 16.6. The Hall–Kier alpha value is -2.13. The van der Waals surface area contributed by atoms with Gasteiger partial charge >= 0.3 is 6.09 Å². The fraction of sp³-hybridized carbons (Fsp3) is 0.579. The summed E-state index contributed by atoms with van der Waals surface area (Å²) in [7, 11) is -3.65. The fourth-order valence-electron chi connectivity index (χ4n) is 3.37. The number of carbonyl (C=O) groups is 2. The van der Waals surface area contributed by atoms with Gasteiger partial charge in [-0.05, 0) is 43.4 Å². The van der Waals surface area contributed by atoms with Crippen LogP contribution in [0.1, 0.15) is 37.6 Å². The number of nitrogens with one attached hydrogen (secondary N) is 2. The van der Waals surface area contributed by atoms with E-state index in [4.69, 9.17) is 4.74 Å². The number of amides is 2. The number of hydrogen-bond donors (Lipinski definition) is 2. The van der Waals surface area contributed by atoms with E-state index in [2.05, 4.69) is 10.6 Å². The highest BCUT2D eigenvalue weighted by Gasteiger charge is 2.31. The number of piperidine rings is 1. The van der Waals surface area contributed by atoms with Crippen LogP contribution in [-0.4, -0.2) is 57.5 Å². The Morgan fingerprint density at radius 1 is 1.14 bits per heavy atom. The van der Waals surface area contributed by atoms with E-state index in [1.807, 2.05) is 13.8 Å². The minimum atomic E-state index is -3.65. The molecule has 0 spiro atoms. The number of carbonyl (C=O) groups excluding carboxylic acids is 2. The lowest BCUT2D eigenvalue weighted by Crippen LogP contribution is -2.42. The van der Waals surface area contributed by atoms with Crippen LogP contribution in [0.2, 0.25) is 0 Å². The molecule has 8 nitrogen and oxygen atoms in total. The summed E-state index contributed by atoms with van der Waals surface area (Å²) >= 11 is 0. The predicted molar refractivity (Wildman–Crippen MR) is 106 cm³/mol. The van der Waals surface area contributed by atoms with Crippen molar-refractivity contribution in [2.24, 2.45) is 11.8 Å². The standard InChI is InChI=1S/C19H29N3O5S/c1-4-27-19(24)21-9-8-20-18(23)16-6-5-7-17(11-16)28(25,26)22-12-14(2)10-15(3)13-22/h5-7,11,14-15H,4,8-10,12-13H2,1-3H3,(H,20,23)(H,21,24). The van der Waals surface area contributed by atoms with Crippen molar-refractivity contribution in [1.29, 1.82) is 0 Å². The first-order valence-corrected chi connectivity index (χ1v) is 11.0. The second-order valence-electron chi connectivity index (χ2n) is 7.20. The number of alkyl carbamates (subject to hydrolysis) is 1. The van der Waals surface area contributed by atoms with Crippen molar-refractivity contribution >= 4 is 22.0 Å². The maximum atomic E-state index is 13.0. The molecule has 0 aromatic heterocycles. The first kappa shape index (κ1) is 22.2. The Bertz CT molecular complexity index is 787. The summed E-state index contributed by atoms with van der Waals surface area (Å²) in [5.74, 6) is 0.205. The van der Waals surface area contributed by atoms with Crippen molar-refractivity contribution in [1.82, 2.24) is 14.9 Å². The third kappa shape index (κ3) is 5.93. The summed E-state index contributed by atoms with van der Waals surface area (Å²) in [5, 5.41) is 5.15. The van der Waals surface area contributed by atoms with Crippen LogP contribution in [0.3, 0.4) is 0 Å². The summed E-state index contributed by atoms with van der Waals surface area (Å²) < 4.78 is 32.2. The van der Waals surface area contributed by atoms with Crippen molar-refractivity contribution in [2.45, 2.75) is 32.1 Å². The van der Waals surface area contributed by atoms with Gasteiger partial charge in [-0.2, -0.15) is 4.31 Å². The van der Waals surface area contributed by atoms with Gasteiger partial charge in [0, 0.05) is 31.7 Å². The molecule has 1 aromatic rings. The van der Waals surface area contributed by atoms with Gasteiger partial charge in [0.1, 0.15) is 0 Å². The summed E-state index contributed by atoms with van der Waals surface area (Å²) in [6, 6.07) is 6.04. The lowest BCUT2D eigenvalue weighted by Gasteiger charge is -2.34. The predicted octanol–water partition coefficient (Wildman–Crippen LogP) is 1.83. The van der Waals surface area contributed by atoms with Gasteiger partial charge in [-0.25, -0.2) is 13.2 Å². The van der Waals surface area contributed by atoms with Crippen molar-refractivity contribution in [2.75, 3.05) is 32.8 Å². The van der Waals surface area contributed by atoms with Crippen LogP contribution in [0.15, 0.2) is 29.2 Å². The maximum absolute atomic E-state index is 13.0. The van der Waals surface area contributed by atoms with Gasteiger partial charge in [0.25, 0.3) is 5.91 Å². The zero-order valence-corrected chi connectivity index (χ0v) is 17.4. The lowest BCUT2D eigenvalue weighted by molar-refractivity contribution is 0.0952. The van der Waals surface area contributed by atoms with Gasteiger partial charge in [0.15, 0.2) is 0 Å². The van der Waals surface area contributed by atoms with E-state index >= 15 is 0 Å². The van der Waals surface area contributed by atoms with Gasteiger partial charge in [-0.15, -0.1) is 0 Å². The number of hydrogen-bond acceptors (Lipinski definition) is 5. The minimum absolute atomic E-state index is 0.117. The smallest absolute Gasteiger partial charge is 0.407 e. The van der Waals surface area contributed by atoms with E-state index in [0.29, 0.717) is 24.9 Å². The second kappa shape index (κ2) is 9.88. The molecule has 0 radical (unpaired) electrons. The third-order valence-corrected chi connectivity index (χ3v) is 6.35. The average Bonchev–Trinajstić information content (AvgIpc) is 2.64. The highest BCUT2D eigenvalue weighted by Crippen LogP contribution is 2.26. The van der Waals surface area contributed by atoms with Crippen molar-refractivity contribution < 1.29 is 22.7 Å². The Labute approximate surface area is 166 Å². The molecule has 1 saturated heterocycles. The number of sulfonamides is 1. The fourth-order valence-corrected chi connectivity index (χ4v) is 5.10. The number of nitrogens with zero attached hydrogens (tertiary/aromatic N) is 1. The third-order valence-electron chi connectivity index (χ3n) is 4.52. The van der Waals surface area contributed by atoms with Crippen molar-refractivity contribution in [3.05, 3.63) is 29.8 Å². The molecule has 156 valence electrons. The van der Waals surface area contributed by atoms with E-state index in [1.54, 1.807) is 19.1 Å². The topological polar surface area (TPSA) is 105 Å². The van der Waals surface area contributed by atoms with Gasteiger partial charge in [-0.3, -0.25) is 4.79 Å². The Balaban J connectivity index is 2.00. The summed E-state index contributed by atoms with van der Waals surface area (Å²) in [6.45, 7) is 7.47.